The SMILES string of the molecule is CCOCCCCNCCN(CC)CC(CC)CC. The zero-order valence-corrected chi connectivity index (χ0v) is 13.7. The molecule has 0 bridgehead atoms. The fraction of sp³-hybridized carbons (Fsp3) is 1.00. The molecule has 3 heteroatoms. The molecule has 0 unspecified atom stereocenters. The average Bonchev–Trinajstić information content (AvgIpc) is 2.45. The molecule has 0 fully saturated rings. The lowest BCUT2D eigenvalue weighted by Crippen LogP contribution is -2.35. The summed E-state index contributed by atoms with van der Waals surface area (Å²) in [5.41, 5.74) is 0. The largest absolute Gasteiger partial charge is 0.382 e. The Balaban J connectivity index is 3.45. The van der Waals surface area contributed by atoms with Crippen molar-refractivity contribution >= 4 is 0 Å². The highest BCUT2D eigenvalue weighted by molar-refractivity contribution is 4.64. The van der Waals surface area contributed by atoms with E-state index >= 15 is 0 Å². The minimum absolute atomic E-state index is 0.842. The number of hydrogen-bond acceptors (Lipinski definition) is 3. The predicted molar refractivity (Wildman–Crippen MR) is 84.8 cm³/mol. The normalized spacial score (nSPS) is 11.7. The van der Waals surface area contributed by atoms with E-state index in [1.165, 1.54) is 45.3 Å². The molecule has 0 aromatic carbocycles. The van der Waals surface area contributed by atoms with Crippen molar-refractivity contribution in [2.45, 2.75) is 53.4 Å². The Labute approximate surface area is 121 Å². The third kappa shape index (κ3) is 11.4. The second kappa shape index (κ2) is 14.3. The standard InChI is InChI=1S/C16H36N2O/c1-5-16(6-2)15-18(7-3)13-12-17-11-9-10-14-19-8-4/h16-17H,5-15H2,1-4H3. The summed E-state index contributed by atoms with van der Waals surface area (Å²) in [7, 11) is 0. The van der Waals surface area contributed by atoms with Gasteiger partial charge in [0, 0.05) is 32.8 Å². The van der Waals surface area contributed by atoms with Crippen molar-refractivity contribution in [3.63, 3.8) is 0 Å². The van der Waals surface area contributed by atoms with Gasteiger partial charge in [-0.25, -0.2) is 0 Å². The van der Waals surface area contributed by atoms with E-state index in [2.05, 4.69) is 37.9 Å². The second-order valence-corrected chi connectivity index (χ2v) is 5.23. The summed E-state index contributed by atoms with van der Waals surface area (Å²) < 4.78 is 5.33. The summed E-state index contributed by atoms with van der Waals surface area (Å²) >= 11 is 0. The first kappa shape index (κ1) is 18.9. The Hall–Kier alpha value is -0.120. The zero-order chi connectivity index (χ0) is 14.3. The van der Waals surface area contributed by atoms with Crippen molar-refractivity contribution in [2.75, 3.05) is 45.9 Å². The molecule has 0 saturated carbocycles. The molecule has 0 saturated heterocycles. The molecule has 0 amide bonds. The fourth-order valence-corrected chi connectivity index (χ4v) is 2.25. The van der Waals surface area contributed by atoms with E-state index in [0.717, 1.165) is 32.2 Å². The topological polar surface area (TPSA) is 24.5 Å². The summed E-state index contributed by atoms with van der Waals surface area (Å²) in [6.07, 6.45) is 5.00. The average molecular weight is 272 g/mol. The molecule has 0 radical (unpaired) electrons. The van der Waals surface area contributed by atoms with Crippen molar-refractivity contribution in [1.29, 1.82) is 0 Å². The van der Waals surface area contributed by atoms with Crippen LogP contribution in [0, 0.1) is 5.92 Å². The predicted octanol–water partition coefficient (Wildman–Crippen LogP) is 3.15. The van der Waals surface area contributed by atoms with Crippen LogP contribution in [0.3, 0.4) is 0 Å². The van der Waals surface area contributed by atoms with E-state index in [9.17, 15) is 0 Å². The van der Waals surface area contributed by atoms with Gasteiger partial charge in [0.05, 0.1) is 0 Å². The van der Waals surface area contributed by atoms with E-state index in [0.29, 0.717) is 0 Å². The number of hydrogen-bond donors (Lipinski definition) is 1. The lowest BCUT2D eigenvalue weighted by Gasteiger charge is -2.25. The van der Waals surface area contributed by atoms with E-state index in [1.54, 1.807) is 0 Å². The molecule has 0 aromatic heterocycles. The van der Waals surface area contributed by atoms with Crippen molar-refractivity contribution in [2.24, 2.45) is 5.92 Å². The first-order valence-electron chi connectivity index (χ1n) is 8.29. The first-order valence-corrected chi connectivity index (χ1v) is 8.29. The van der Waals surface area contributed by atoms with Crippen LogP contribution in [0.2, 0.25) is 0 Å². The maximum absolute atomic E-state index is 5.33. The Bertz CT molecular complexity index is 172. The van der Waals surface area contributed by atoms with Crippen molar-refractivity contribution in [3.05, 3.63) is 0 Å². The molecule has 0 aliphatic heterocycles. The van der Waals surface area contributed by atoms with Crippen LogP contribution in [0.15, 0.2) is 0 Å². The second-order valence-electron chi connectivity index (χ2n) is 5.23. The van der Waals surface area contributed by atoms with Crippen molar-refractivity contribution in [3.8, 4) is 0 Å². The van der Waals surface area contributed by atoms with Crippen LogP contribution in [-0.4, -0.2) is 50.8 Å². The Kier molecular flexibility index (Phi) is 14.2. The van der Waals surface area contributed by atoms with Gasteiger partial charge in [0.25, 0.3) is 0 Å². The van der Waals surface area contributed by atoms with Gasteiger partial charge in [-0.05, 0) is 38.8 Å². The third-order valence-corrected chi connectivity index (χ3v) is 3.82. The van der Waals surface area contributed by atoms with Gasteiger partial charge in [-0.15, -0.1) is 0 Å². The van der Waals surface area contributed by atoms with Gasteiger partial charge in [-0.2, -0.15) is 0 Å². The molecule has 0 aliphatic rings. The van der Waals surface area contributed by atoms with Crippen molar-refractivity contribution < 1.29 is 4.74 Å². The molecule has 0 atom stereocenters. The summed E-state index contributed by atoms with van der Waals surface area (Å²) in [4.78, 5) is 2.57. The number of nitrogens with one attached hydrogen (secondary N) is 1. The molecule has 0 rings (SSSR count). The minimum atomic E-state index is 0.842. The molecular weight excluding hydrogens is 236 g/mol. The van der Waals surface area contributed by atoms with Crippen LogP contribution in [0.5, 0.6) is 0 Å². The third-order valence-electron chi connectivity index (χ3n) is 3.82. The number of nitrogens with zero attached hydrogens (tertiary/aromatic N) is 1. The van der Waals surface area contributed by atoms with E-state index in [-0.39, 0.29) is 0 Å². The number of likely N-dealkylation sites (N-methyl/N-ethyl adjacent to an activating group) is 1. The molecule has 0 spiro atoms. The maximum atomic E-state index is 5.33. The van der Waals surface area contributed by atoms with Crippen LogP contribution < -0.4 is 5.32 Å². The van der Waals surface area contributed by atoms with Gasteiger partial charge in [0.2, 0.25) is 0 Å². The van der Waals surface area contributed by atoms with Gasteiger partial charge in [-0.1, -0.05) is 33.6 Å². The van der Waals surface area contributed by atoms with Gasteiger partial charge < -0.3 is 15.0 Å². The molecule has 0 aromatic rings. The first-order chi connectivity index (χ1) is 9.28. The Morgan fingerprint density at radius 1 is 1.00 bits per heavy atom. The van der Waals surface area contributed by atoms with Gasteiger partial charge in [0.15, 0.2) is 0 Å². The summed E-state index contributed by atoms with van der Waals surface area (Å²) in [5, 5.41) is 3.54. The fourth-order valence-electron chi connectivity index (χ4n) is 2.25. The van der Waals surface area contributed by atoms with Crippen LogP contribution in [-0.2, 0) is 4.74 Å². The number of unbranched alkanes of at least 4 members (excludes halogenated alkanes) is 1. The summed E-state index contributed by atoms with van der Waals surface area (Å²) in [6, 6.07) is 0. The Morgan fingerprint density at radius 3 is 2.32 bits per heavy atom. The monoisotopic (exact) mass is 272 g/mol. The van der Waals surface area contributed by atoms with Gasteiger partial charge in [0.1, 0.15) is 0 Å². The van der Waals surface area contributed by atoms with Crippen LogP contribution in [0.4, 0.5) is 0 Å². The lowest BCUT2D eigenvalue weighted by atomic mass is 10.0. The number of rotatable bonds is 14. The summed E-state index contributed by atoms with van der Waals surface area (Å²) in [5.74, 6) is 0.867. The highest BCUT2D eigenvalue weighted by Crippen LogP contribution is 2.09. The van der Waals surface area contributed by atoms with Gasteiger partial charge in [-0.3, -0.25) is 0 Å². The molecule has 1 N–H and O–H groups in total. The molecule has 3 nitrogen and oxygen atoms in total. The van der Waals surface area contributed by atoms with Crippen LogP contribution >= 0.6 is 0 Å². The molecule has 0 heterocycles. The van der Waals surface area contributed by atoms with Gasteiger partial charge >= 0.3 is 0 Å². The maximum Gasteiger partial charge on any atom is 0.0466 e. The van der Waals surface area contributed by atoms with Crippen LogP contribution in [0.25, 0.3) is 0 Å². The quantitative estimate of drug-likeness (QED) is 0.492. The van der Waals surface area contributed by atoms with E-state index < -0.39 is 0 Å². The lowest BCUT2D eigenvalue weighted by molar-refractivity contribution is 0.143. The zero-order valence-electron chi connectivity index (χ0n) is 13.7. The number of ether oxygens (including phenoxy) is 1. The summed E-state index contributed by atoms with van der Waals surface area (Å²) in [6.45, 7) is 16.5. The molecular formula is C16H36N2O. The highest BCUT2D eigenvalue weighted by Gasteiger charge is 2.08. The van der Waals surface area contributed by atoms with E-state index in [1.807, 2.05) is 0 Å². The highest BCUT2D eigenvalue weighted by atomic mass is 16.5. The molecule has 0 aliphatic carbocycles. The van der Waals surface area contributed by atoms with Crippen LogP contribution in [0.1, 0.15) is 53.4 Å². The Morgan fingerprint density at radius 2 is 1.74 bits per heavy atom. The molecule has 19 heavy (non-hydrogen) atoms. The smallest absolute Gasteiger partial charge is 0.0466 e. The molecule has 116 valence electrons. The minimum Gasteiger partial charge on any atom is -0.382 e. The van der Waals surface area contributed by atoms with E-state index in [4.69, 9.17) is 4.74 Å². The van der Waals surface area contributed by atoms with Crippen molar-refractivity contribution in [1.82, 2.24) is 10.2 Å².